The fraction of sp³-hybridized carbons (Fsp3) is 0.882. The average molecular weight is 232 g/mol. The van der Waals surface area contributed by atoms with E-state index < -0.39 is 0 Å². The Kier molecular flexibility index (Phi) is 3.32. The molecule has 3 aliphatic rings. The molecule has 2 unspecified atom stereocenters. The minimum atomic E-state index is 0.842. The maximum Gasteiger partial charge on any atom is -0.0236 e. The molecule has 0 amide bonds. The molecule has 2 atom stereocenters. The van der Waals surface area contributed by atoms with Crippen molar-refractivity contribution in [1.82, 2.24) is 0 Å². The SMILES string of the molecule is C=CC1CCC(C2C3CCC(C)CCC32)CC1. The highest BCUT2D eigenvalue weighted by atomic mass is 14.6. The maximum absolute atomic E-state index is 3.96. The van der Waals surface area contributed by atoms with E-state index in [0.29, 0.717) is 0 Å². The summed E-state index contributed by atoms with van der Waals surface area (Å²) in [7, 11) is 0. The Morgan fingerprint density at radius 2 is 1.41 bits per heavy atom. The highest BCUT2D eigenvalue weighted by Gasteiger charge is 2.53. The third-order valence-corrected chi connectivity index (χ3v) is 6.08. The Labute approximate surface area is 107 Å². The van der Waals surface area contributed by atoms with Crippen LogP contribution in [0.3, 0.4) is 0 Å². The molecule has 0 heteroatoms. The lowest BCUT2D eigenvalue weighted by atomic mass is 9.78. The standard InChI is InChI=1S/C17H28/c1-3-13-6-8-14(9-7-13)17-15-10-4-12(2)5-11-16(15)17/h3,12-17H,1,4-11H2,2H3. The van der Waals surface area contributed by atoms with Crippen molar-refractivity contribution >= 4 is 0 Å². The van der Waals surface area contributed by atoms with Crippen molar-refractivity contribution in [3.63, 3.8) is 0 Å². The second-order valence-electron chi connectivity index (χ2n) is 7.08. The molecule has 0 aromatic carbocycles. The van der Waals surface area contributed by atoms with Gasteiger partial charge >= 0.3 is 0 Å². The molecule has 96 valence electrons. The minimum Gasteiger partial charge on any atom is -0.103 e. The summed E-state index contributed by atoms with van der Waals surface area (Å²) in [5.74, 6) is 6.38. The zero-order valence-electron chi connectivity index (χ0n) is 11.4. The number of rotatable bonds is 2. The topological polar surface area (TPSA) is 0 Å². The fourth-order valence-corrected chi connectivity index (χ4v) is 4.85. The van der Waals surface area contributed by atoms with Gasteiger partial charge in [0.1, 0.15) is 0 Å². The van der Waals surface area contributed by atoms with E-state index >= 15 is 0 Å². The Bertz CT molecular complexity index is 258. The third kappa shape index (κ3) is 2.33. The van der Waals surface area contributed by atoms with Crippen molar-refractivity contribution in [1.29, 1.82) is 0 Å². The number of hydrogen-bond donors (Lipinski definition) is 0. The van der Waals surface area contributed by atoms with E-state index in [9.17, 15) is 0 Å². The van der Waals surface area contributed by atoms with E-state index in [1.54, 1.807) is 12.8 Å². The van der Waals surface area contributed by atoms with Crippen LogP contribution in [0.2, 0.25) is 0 Å². The molecule has 0 aromatic heterocycles. The minimum absolute atomic E-state index is 0.842. The van der Waals surface area contributed by atoms with Gasteiger partial charge in [-0.15, -0.1) is 6.58 Å². The van der Waals surface area contributed by atoms with Gasteiger partial charge in [0.25, 0.3) is 0 Å². The second kappa shape index (κ2) is 4.78. The summed E-state index contributed by atoms with van der Waals surface area (Å²) in [4.78, 5) is 0. The molecular weight excluding hydrogens is 204 g/mol. The average Bonchev–Trinajstić information content (AvgIpc) is 3.08. The molecule has 3 aliphatic carbocycles. The molecule has 0 aromatic rings. The van der Waals surface area contributed by atoms with Gasteiger partial charge in [0.05, 0.1) is 0 Å². The molecule has 0 heterocycles. The maximum atomic E-state index is 3.96. The molecule has 0 radical (unpaired) electrons. The summed E-state index contributed by atoms with van der Waals surface area (Å²) in [6.45, 7) is 6.42. The zero-order valence-corrected chi connectivity index (χ0v) is 11.4. The van der Waals surface area contributed by atoms with Crippen molar-refractivity contribution in [2.24, 2.45) is 35.5 Å². The Morgan fingerprint density at radius 1 is 0.824 bits per heavy atom. The van der Waals surface area contributed by atoms with Crippen LogP contribution >= 0.6 is 0 Å². The molecule has 3 saturated carbocycles. The summed E-state index contributed by atoms with van der Waals surface area (Å²) >= 11 is 0. The highest BCUT2D eigenvalue weighted by Crippen LogP contribution is 2.60. The zero-order chi connectivity index (χ0) is 11.8. The van der Waals surface area contributed by atoms with Gasteiger partial charge in [0.15, 0.2) is 0 Å². The van der Waals surface area contributed by atoms with Gasteiger partial charge in [-0.2, -0.15) is 0 Å². The number of allylic oxidation sites excluding steroid dienone is 1. The van der Waals surface area contributed by atoms with Crippen LogP contribution in [-0.4, -0.2) is 0 Å². The lowest BCUT2D eigenvalue weighted by Gasteiger charge is -2.27. The normalized spacial score (nSPS) is 50.2. The van der Waals surface area contributed by atoms with E-state index in [0.717, 1.165) is 35.5 Å². The van der Waals surface area contributed by atoms with Gasteiger partial charge in [-0.3, -0.25) is 0 Å². The van der Waals surface area contributed by atoms with Crippen molar-refractivity contribution in [3.8, 4) is 0 Å². The van der Waals surface area contributed by atoms with Gasteiger partial charge in [0, 0.05) is 0 Å². The van der Waals surface area contributed by atoms with E-state index in [1.807, 2.05) is 0 Å². The molecule has 0 bridgehead atoms. The Morgan fingerprint density at radius 3 is 1.94 bits per heavy atom. The van der Waals surface area contributed by atoms with E-state index in [2.05, 4.69) is 19.6 Å². The van der Waals surface area contributed by atoms with Crippen LogP contribution in [-0.2, 0) is 0 Å². The molecule has 0 aliphatic heterocycles. The summed E-state index contributed by atoms with van der Waals surface area (Å²) in [5.41, 5.74) is 0. The summed E-state index contributed by atoms with van der Waals surface area (Å²) in [6.07, 6.45) is 14.2. The second-order valence-corrected chi connectivity index (χ2v) is 7.08. The first-order valence-corrected chi connectivity index (χ1v) is 7.92. The van der Waals surface area contributed by atoms with Crippen LogP contribution in [0, 0.1) is 35.5 Å². The van der Waals surface area contributed by atoms with Crippen LogP contribution in [0.5, 0.6) is 0 Å². The quantitative estimate of drug-likeness (QED) is 0.584. The first kappa shape index (κ1) is 11.8. The van der Waals surface area contributed by atoms with Crippen molar-refractivity contribution in [2.45, 2.75) is 58.3 Å². The predicted octanol–water partition coefficient (Wildman–Crippen LogP) is 5.05. The summed E-state index contributed by atoms with van der Waals surface area (Å²) in [6, 6.07) is 0. The van der Waals surface area contributed by atoms with Crippen LogP contribution < -0.4 is 0 Å². The molecule has 0 saturated heterocycles. The predicted molar refractivity (Wildman–Crippen MR) is 73.7 cm³/mol. The summed E-state index contributed by atoms with van der Waals surface area (Å²) in [5, 5.41) is 0. The van der Waals surface area contributed by atoms with Crippen molar-refractivity contribution < 1.29 is 0 Å². The monoisotopic (exact) mass is 232 g/mol. The Balaban J connectivity index is 1.53. The molecule has 0 nitrogen and oxygen atoms in total. The third-order valence-electron chi connectivity index (χ3n) is 6.08. The van der Waals surface area contributed by atoms with Gasteiger partial charge in [-0.1, -0.05) is 25.8 Å². The molecule has 17 heavy (non-hydrogen) atoms. The number of hydrogen-bond acceptors (Lipinski definition) is 0. The largest absolute Gasteiger partial charge is 0.103 e. The van der Waals surface area contributed by atoms with Crippen molar-refractivity contribution in [3.05, 3.63) is 12.7 Å². The molecule has 0 spiro atoms. The number of fused-ring (bicyclic) bond motifs is 1. The molecule has 3 fully saturated rings. The molecule has 3 rings (SSSR count). The summed E-state index contributed by atoms with van der Waals surface area (Å²) < 4.78 is 0. The first-order valence-electron chi connectivity index (χ1n) is 7.92. The van der Waals surface area contributed by atoms with Gasteiger partial charge in [-0.05, 0) is 74.0 Å². The first-order chi connectivity index (χ1) is 8.29. The van der Waals surface area contributed by atoms with E-state index in [1.165, 1.54) is 38.5 Å². The van der Waals surface area contributed by atoms with E-state index in [4.69, 9.17) is 0 Å². The van der Waals surface area contributed by atoms with Crippen LogP contribution in [0.15, 0.2) is 12.7 Å². The van der Waals surface area contributed by atoms with Gasteiger partial charge < -0.3 is 0 Å². The lowest BCUT2D eigenvalue weighted by Crippen LogP contribution is -2.16. The van der Waals surface area contributed by atoms with Crippen LogP contribution in [0.1, 0.15) is 58.3 Å². The van der Waals surface area contributed by atoms with Gasteiger partial charge in [-0.25, -0.2) is 0 Å². The molecular formula is C17H28. The Hall–Kier alpha value is -0.260. The van der Waals surface area contributed by atoms with Crippen LogP contribution in [0.25, 0.3) is 0 Å². The van der Waals surface area contributed by atoms with Gasteiger partial charge in [0.2, 0.25) is 0 Å². The fourth-order valence-electron chi connectivity index (χ4n) is 4.85. The van der Waals surface area contributed by atoms with E-state index in [-0.39, 0.29) is 0 Å². The lowest BCUT2D eigenvalue weighted by molar-refractivity contribution is 0.257. The van der Waals surface area contributed by atoms with Crippen molar-refractivity contribution in [2.75, 3.05) is 0 Å². The van der Waals surface area contributed by atoms with Crippen LogP contribution in [0.4, 0.5) is 0 Å². The molecule has 0 N–H and O–H groups in total. The highest BCUT2D eigenvalue weighted by molar-refractivity contribution is 5.03. The smallest absolute Gasteiger partial charge is 0.0236 e.